The van der Waals surface area contributed by atoms with Crippen LogP contribution in [0.5, 0.6) is 0 Å². The maximum absolute atomic E-state index is 12.3. The molecule has 1 aromatic heterocycles. The molecule has 0 unspecified atom stereocenters. The molecule has 5 nitrogen and oxygen atoms in total. The maximum atomic E-state index is 12.3. The molecule has 0 atom stereocenters. The Labute approximate surface area is 132 Å². The highest BCUT2D eigenvalue weighted by Crippen LogP contribution is 2.25. The van der Waals surface area contributed by atoms with Gasteiger partial charge in [-0.1, -0.05) is 24.3 Å². The Hall–Kier alpha value is -2.47. The van der Waals surface area contributed by atoms with E-state index >= 15 is 0 Å². The number of aliphatic hydroxyl groups is 3. The summed E-state index contributed by atoms with van der Waals surface area (Å²) in [6, 6.07) is 12.0. The second kappa shape index (κ2) is 6.34. The van der Waals surface area contributed by atoms with Crippen molar-refractivity contribution < 1.29 is 19.7 Å². The van der Waals surface area contributed by atoms with E-state index in [9.17, 15) is 15.0 Å². The van der Waals surface area contributed by atoms with Gasteiger partial charge < -0.3 is 19.7 Å². The van der Waals surface area contributed by atoms with Crippen LogP contribution in [0.15, 0.2) is 51.7 Å². The van der Waals surface area contributed by atoms with Gasteiger partial charge in [-0.25, -0.2) is 4.79 Å². The Morgan fingerprint density at radius 3 is 2.13 bits per heavy atom. The molecule has 0 saturated carbocycles. The van der Waals surface area contributed by atoms with Crippen LogP contribution < -0.4 is 5.63 Å². The molecule has 0 bridgehead atoms. The zero-order valence-corrected chi connectivity index (χ0v) is 12.3. The lowest BCUT2D eigenvalue weighted by Gasteiger charge is -2.08. The number of aliphatic hydroxyl groups excluding tert-OH is 3. The summed E-state index contributed by atoms with van der Waals surface area (Å²) in [4.78, 5) is 12.3. The fourth-order valence-corrected chi connectivity index (χ4v) is 2.58. The van der Waals surface area contributed by atoms with Crippen LogP contribution in [0.1, 0.15) is 16.7 Å². The highest BCUT2D eigenvalue weighted by atomic mass is 16.4. The van der Waals surface area contributed by atoms with Gasteiger partial charge >= 0.3 is 5.63 Å². The summed E-state index contributed by atoms with van der Waals surface area (Å²) < 4.78 is 5.38. The molecule has 0 spiro atoms. The van der Waals surface area contributed by atoms with E-state index in [4.69, 9.17) is 9.52 Å². The Morgan fingerprint density at radius 2 is 1.52 bits per heavy atom. The Bertz CT molecular complexity index is 894. The minimum Gasteiger partial charge on any atom is -0.422 e. The van der Waals surface area contributed by atoms with Gasteiger partial charge in [0.05, 0.1) is 25.4 Å². The van der Waals surface area contributed by atoms with Gasteiger partial charge in [-0.15, -0.1) is 0 Å². The topological polar surface area (TPSA) is 90.9 Å². The average molecular weight is 312 g/mol. The zero-order chi connectivity index (χ0) is 16.4. The van der Waals surface area contributed by atoms with Crippen molar-refractivity contribution >= 4 is 11.0 Å². The summed E-state index contributed by atoms with van der Waals surface area (Å²) in [5.74, 6) is 0. The summed E-state index contributed by atoms with van der Waals surface area (Å²) in [7, 11) is 0. The minimum atomic E-state index is -0.499. The van der Waals surface area contributed by atoms with Crippen molar-refractivity contribution in [3.05, 3.63) is 69.6 Å². The van der Waals surface area contributed by atoms with E-state index in [1.54, 1.807) is 42.5 Å². The molecule has 5 heteroatoms. The number of rotatable bonds is 4. The van der Waals surface area contributed by atoms with Crippen molar-refractivity contribution in [1.29, 1.82) is 0 Å². The predicted molar refractivity (Wildman–Crippen MR) is 85.7 cm³/mol. The highest BCUT2D eigenvalue weighted by molar-refractivity contribution is 5.84. The Morgan fingerprint density at radius 1 is 0.826 bits per heavy atom. The van der Waals surface area contributed by atoms with E-state index in [0.717, 1.165) is 5.56 Å². The van der Waals surface area contributed by atoms with Gasteiger partial charge in [-0.2, -0.15) is 0 Å². The monoisotopic (exact) mass is 312 g/mol. The molecule has 1 heterocycles. The molecule has 0 saturated heterocycles. The van der Waals surface area contributed by atoms with Crippen molar-refractivity contribution in [3.63, 3.8) is 0 Å². The molecule has 0 aliphatic rings. The van der Waals surface area contributed by atoms with E-state index in [1.807, 2.05) is 0 Å². The summed E-state index contributed by atoms with van der Waals surface area (Å²) in [6.07, 6.45) is 0. The number of benzene rings is 2. The van der Waals surface area contributed by atoms with Gasteiger partial charge in [-0.3, -0.25) is 0 Å². The molecule has 118 valence electrons. The fraction of sp³-hybridized carbons (Fsp3) is 0.167. The average Bonchev–Trinajstić information content (AvgIpc) is 2.60. The van der Waals surface area contributed by atoms with E-state index in [2.05, 4.69) is 0 Å². The Kier molecular flexibility index (Phi) is 4.25. The molecule has 2 aromatic carbocycles. The number of hydrogen-bond acceptors (Lipinski definition) is 5. The van der Waals surface area contributed by atoms with Gasteiger partial charge in [0.1, 0.15) is 5.58 Å². The molecular formula is C18H16O5. The van der Waals surface area contributed by atoms with Crippen molar-refractivity contribution in [2.75, 3.05) is 0 Å². The van der Waals surface area contributed by atoms with E-state index in [0.29, 0.717) is 33.2 Å². The van der Waals surface area contributed by atoms with Crippen molar-refractivity contribution in [1.82, 2.24) is 0 Å². The first-order chi connectivity index (χ1) is 11.2. The van der Waals surface area contributed by atoms with E-state index < -0.39 is 5.63 Å². The zero-order valence-electron chi connectivity index (χ0n) is 12.3. The highest BCUT2D eigenvalue weighted by Gasteiger charge is 2.12. The van der Waals surface area contributed by atoms with Gasteiger partial charge in [0.15, 0.2) is 0 Å². The standard InChI is InChI=1S/C18H16O5/c19-8-11-1-3-13(4-2-11)16-7-14-5-12(9-20)6-15(10-21)17(14)23-18(16)22/h1-7,19-21H,8-10H2. The normalized spacial score (nSPS) is 11.1. The minimum absolute atomic E-state index is 0.0632. The number of hydrogen-bond donors (Lipinski definition) is 3. The van der Waals surface area contributed by atoms with E-state index in [1.165, 1.54) is 0 Å². The summed E-state index contributed by atoms with van der Waals surface area (Å²) in [5.41, 5.74) is 2.75. The smallest absolute Gasteiger partial charge is 0.344 e. The number of fused-ring (bicyclic) bond motifs is 1. The van der Waals surface area contributed by atoms with Crippen LogP contribution in [0.4, 0.5) is 0 Å². The molecule has 0 aliphatic carbocycles. The molecular weight excluding hydrogens is 296 g/mol. The van der Waals surface area contributed by atoms with Gasteiger partial charge in [0.2, 0.25) is 0 Å². The Balaban J connectivity index is 2.21. The van der Waals surface area contributed by atoms with Crippen LogP contribution in [0.2, 0.25) is 0 Å². The molecule has 0 aliphatic heterocycles. The first kappa shape index (κ1) is 15.4. The second-order valence-corrected chi connectivity index (χ2v) is 5.29. The third kappa shape index (κ3) is 2.90. The third-order valence-corrected chi connectivity index (χ3v) is 3.77. The molecule has 0 fully saturated rings. The lowest BCUT2D eigenvalue weighted by molar-refractivity contribution is 0.275. The van der Waals surface area contributed by atoms with Crippen LogP contribution in [0.25, 0.3) is 22.1 Å². The van der Waals surface area contributed by atoms with Crippen LogP contribution in [-0.4, -0.2) is 15.3 Å². The molecule has 3 N–H and O–H groups in total. The van der Waals surface area contributed by atoms with E-state index in [-0.39, 0.29) is 19.8 Å². The third-order valence-electron chi connectivity index (χ3n) is 3.77. The first-order valence-electron chi connectivity index (χ1n) is 7.18. The molecule has 0 amide bonds. The van der Waals surface area contributed by atoms with Crippen LogP contribution in [0.3, 0.4) is 0 Å². The van der Waals surface area contributed by atoms with Crippen LogP contribution in [0, 0.1) is 0 Å². The van der Waals surface area contributed by atoms with Crippen LogP contribution >= 0.6 is 0 Å². The second-order valence-electron chi connectivity index (χ2n) is 5.29. The van der Waals surface area contributed by atoms with Gasteiger partial charge in [-0.05, 0) is 34.9 Å². The first-order valence-corrected chi connectivity index (χ1v) is 7.18. The summed E-state index contributed by atoms with van der Waals surface area (Å²) >= 11 is 0. The lowest BCUT2D eigenvalue weighted by Crippen LogP contribution is -2.04. The predicted octanol–water partition coefficient (Wildman–Crippen LogP) is 1.94. The lowest BCUT2D eigenvalue weighted by atomic mass is 10.0. The van der Waals surface area contributed by atoms with Crippen molar-refractivity contribution in [2.24, 2.45) is 0 Å². The molecule has 23 heavy (non-hydrogen) atoms. The molecule has 3 aromatic rings. The maximum Gasteiger partial charge on any atom is 0.344 e. The van der Waals surface area contributed by atoms with Gasteiger partial charge in [0.25, 0.3) is 0 Å². The quantitative estimate of drug-likeness (QED) is 0.640. The SMILES string of the molecule is O=c1oc2c(CO)cc(CO)cc2cc1-c1ccc(CO)cc1. The molecule has 0 radical (unpaired) electrons. The fourth-order valence-electron chi connectivity index (χ4n) is 2.58. The summed E-state index contributed by atoms with van der Waals surface area (Å²) in [6.45, 7) is -0.507. The summed E-state index contributed by atoms with van der Waals surface area (Å²) in [5, 5.41) is 28.5. The molecule has 3 rings (SSSR count). The van der Waals surface area contributed by atoms with Crippen LogP contribution in [-0.2, 0) is 19.8 Å². The van der Waals surface area contributed by atoms with Crippen molar-refractivity contribution in [2.45, 2.75) is 19.8 Å². The van der Waals surface area contributed by atoms with Gasteiger partial charge in [0, 0.05) is 10.9 Å². The van der Waals surface area contributed by atoms with Crippen molar-refractivity contribution in [3.8, 4) is 11.1 Å². The largest absolute Gasteiger partial charge is 0.422 e.